The van der Waals surface area contributed by atoms with Gasteiger partial charge in [0.05, 0.1) is 24.1 Å². The van der Waals surface area contributed by atoms with E-state index in [4.69, 9.17) is 0 Å². The van der Waals surface area contributed by atoms with Crippen molar-refractivity contribution in [3.63, 3.8) is 0 Å². The molecule has 7 nitrogen and oxygen atoms in total. The van der Waals surface area contributed by atoms with Crippen LogP contribution >= 0.6 is 0 Å². The smallest absolute Gasteiger partial charge is 0.180 e. The number of pyridine rings is 1. The van der Waals surface area contributed by atoms with Gasteiger partial charge < -0.3 is 19.7 Å². The van der Waals surface area contributed by atoms with E-state index < -0.39 is 6.17 Å². The largest absolute Gasteiger partial charge is 0.504 e. The Labute approximate surface area is 162 Å². The molecule has 0 radical (unpaired) electrons. The molecule has 1 unspecified atom stereocenters. The number of alkyl halides is 1. The Kier molecular flexibility index (Phi) is 3.97. The molecular formula is C20H23FN6O. The average Bonchev–Trinajstić information content (AvgIpc) is 3.29. The highest BCUT2D eigenvalue weighted by molar-refractivity contribution is 5.75. The summed E-state index contributed by atoms with van der Waals surface area (Å²) in [5.41, 5.74) is 2.56. The number of halogens is 1. The molecule has 0 saturated carbocycles. The minimum Gasteiger partial charge on any atom is -0.504 e. The first-order chi connectivity index (χ1) is 13.5. The van der Waals surface area contributed by atoms with Gasteiger partial charge in [0, 0.05) is 42.8 Å². The lowest BCUT2D eigenvalue weighted by atomic mass is 9.96. The molecule has 5 rings (SSSR count). The van der Waals surface area contributed by atoms with Crippen molar-refractivity contribution >= 4 is 11.5 Å². The molecule has 0 spiro atoms. The topological polar surface area (TPSA) is 78.6 Å². The minimum atomic E-state index is -0.916. The summed E-state index contributed by atoms with van der Waals surface area (Å²) >= 11 is 0. The van der Waals surface area contributed by atoms with E-state index in [1.165, 1.54) is 0 Å². The van der Waals surface area contributed by atoms with E-state index in [1.807, 2.05) is 29.5 Å². The lowest BCUT2D eigenvalue weighted by Gasteiger charge is -2.38. The normalized spacial score (nSPS) is 26.7. The van der Waals surface area contributed by atoms with Crippen molar-refractivity contribution in [2.75, 3.05) is 11.9 Å². The first-order valence-electron chi connectivity index (χ1n) is 9.64. The van der Waals surface area contributed by atoms with E-state index in [0.29, 0.717) is 28.8 Å². The van der Waals surface area contributed by atoms with Crippen LogP contribution in [0, 0.1) is 6.92 Å². The maximum absolute atomic E-state index is 14.8. The van der Waals surface area contributed by atoms with Gasteiger partial charge in [0.15, 0.2) is 11.4 Å². The first-order valence-corrected chi connectivity index (χ1v) is 9.64. The van der Waals surface area contributed by atoms with Gasteiger partial charge in [-0.3, -0.25) is 4.98 Å². The summed E-state index contributed by atoms with van der Waals surface area (Å²) < 4.78 is 16.6. The van der Waals surface area contributed by atoms with Gasteiger partial charge in [-0.2, -0.15) is 0 Å². The molecule has 2 saturated heterocycles. The fourth-order valence-corrected chi connectivity index (χ4v) is 4.53. The van der Waals surface area contributed by atoms with Crippen molar-refractivity contribution in [2.24, 2.45) is 0 Å². The average molecular weight is 382 g/mol. The summed E-state index contributed by atoms with van der Waals surface area (Å²) in [7, 11) is 1.88. The van der Waals surface area contributed by atoms with E-state index in [9.17, 15) is 9.50 Å². The number of nitrogens with one attached hydrogen (secondary N) is 1. The monoisotopic (exact) mass is 382 g/mol. The number of rotatable bonds is 3. The Morgan fingerprint density at radius 3 is 2.86 bits per heavy atom. The number of hydrogen-bond acceptors (Lipinski definition) is 6. The lowest BCUT2D eigenvalue weighted by molar-refractivity contribution is 0.176. The van der Waals surface area contributed by atoms with Gasteiger partial charge in [0.25, 0.3) is 0 Å². The van der Waals surface area contributed by atoms with E-state index in [-0.39, 0.29) is 17.8 Å². The Morgan fingerprint density at radius 1 is 1.21 bits per heavy atom. The van der Waals surface area contributed by atoms with Crippen molar-refractivity contribution in [1.29, 1.82) is 0 Å². The van der Waals surface area contributed by atoms with Gasteiger partial charge >= 0.3 is 0 Å². The zero-order valence-corrected chi connectivity index (χ0v) is 15.9. The van der Waals surface area contributed by atoms with Gasteiger partial charge in [-0.05, 0) is 32.3 Å². The van der Waals surface area contributed by atoms with Crippen molar-refractivity contribution in [1.82, 2.24) is 24.7 Å². The lowest BCUT2D eigenvalue weighted by Crippen LogP contribution is -2.55. The fourth-order valence-electron chi connectivity index (χ4n) is 4.53. The molecule has 0 aliphatic carbocycles. The summed E-state index contributed by atoms with van der Waals surface area (Å²) in [4.78, 5) is 15.1. The number of imidazole rings is 1. The highest BCUT2D eigenvalue weighted by Gasteiger charge is 2.43. The summed E-state index contributed by atoms with van der Waals surface area (Å²) in [6.45, 7) is 1.93. The van der Waals surface area contributed by atoms with Gasteiger partial charge in [-0.1, -0.05) is 0 Å². The van der Waals surface area contributed by atoms with E-state index in [1.54, 1.807) is 24.7 Å². The van der Waals surface area contributed by atoms with Crippen LogP contribution in [-0.2, 0) is 0 Å². The fraction of sp³-hybridized carbons (Fsp3) is 0.450. The molecule has 0 amide bonds. The highest BCUT2D eigenvalue weighted by Crippen LogP contribution is 2.34. The second-order valence-electron chi connectivity index (χ2n) is 7.84. The number of aromatic hydroxyl groups is 1. The third-order valence-corrected chi connectivity index (χ3v) is 6.17. The van der Waals surface area contributed by atoms with E-state index in [2.05, 4.69) is 20.3 Å². The molecule has 146 valence electrons. The van der Waals surface area contributed by atoms with Crippen molar-refractivity contribution in [3.8, 4) is 17.0 Å². The van der Waals surface area contributed by atoms with E-state index in [0.717, 1.165) is 25.0 Å². The molecule has 4 atom stereocenters. The molecule has 3 aromatic heterocycles. The Bertz CT molecular complexity index is 1020. The second kappa shape index (κ2) is 6.41. The third kappa shape index (κ3) is 2.63. The van der Waals surface area contributed by atoms with Crippen LogP contribution in [0.25, 0.3) is 16.9 Å². The number of hydrogen-bond donors (Lipinski definition) is 2. The quantitative estimate of drug-likeness (QED) is 0.725. The van der Waals surface area contributed by atoms with Crippen LogP contribution < -0.4 is 10.2 Å². The van der Waals surface area contributed by atoms with Crippen LogP contribution in [0.2, 0.25) is 0 Å². The molecule has 2 bridgehead atoms. The molecule has 2 N–H and O–H groups in total. The number of fused-ring (bicyclic) bond motifs is 3. The molecule has 8 heteroatoms. The van der Waals surface area contributed by atoms with Gasteiger partial charge in [0.2, 0.25) is 0 Å². The second-order valence-corrected chi connectivity index (χ2v) is 7.84. The van der Waals surface area contributed by atoms with Crippen molar-refractivity contribution < 1.29 is 9.50 Å². The number of anilines is 1. The summed E-state index contributed by atoms with van der Waals surface area (Å²) in [5.74, 6) is 0.708. The molecule has 0 aromatic carbocycles. The van der Waals surface area contributed by atoms with Crippen LogP contribution in [0.3, 0.4) is 0 Å². The molecule has 5 heterocycles. The Morgan fingerprint density at radius 2 is 2.07 bits per heavy atom. The number of aryl methyl sites for hydroxylation is 1. The number of nitrogens with zero attached hydrogens (tertiary/aromatic N) is 5. The highest BCUT2D eigenvalue weighted by atomic mass is 19.1. The molecular weight excluding hydrogens is 359 g/mol. The minimum absolute atomic E-state index is 0.0555. The van der Waals surface area contributed by atoms with Crippen LogP contribution in [0.1, 0.15) is 25.0 Å². The SMILES string of the molecule is Cc1cnc2c(O)c(-c3cnc(N(C)[C@H]4C[C@@H]5CCC(N5)[C@H]4F)cn3)ccn12. The molecule has 3 aromatic rings. The van der Waals surface area contributed by atoms with Crippen molar-refractivity contribution in [2.45, 2.75) is 50.5 Å². The summed E-state index contributed by atoms with van der Waals surface area (Å²) in [5, 5.41) is 13.9. The molecule has 2 aliphatic rings. The van der Waals surface area contributed by atoms with Crippen LogP contribution in [0.4, 0.5) is 10.2 Å². The summed E-state index contributed by atoms with van der Waals surface area (Å²) in [6.07, 6.45) is 8.62. The van der Waals surface area contributed by atoms with Crippen LogP contribution in [-0.4, -0.2) is 55.8 Å². The molecule has 2 fully saturated rings. The Hall–Kier alpha value is -2.74. The van der Waals surface area contributed by atoms with Gasteiger partial charge in [-0.15, -0.1) is 0 Å². The molecule has 2 aliphatic heterocycles. The zero-order chi connectivity index (χ0) is 19.4. The maximum Gasteiger partial charge on any atom is 0.180 e. The van der Waals surface area contributed by atoms with Gasteiger partial charge in [0.1, 0.15) is 12.0 Å². The molecule has 28 heavy (non-hydrogen) atoms. The number of piperidine rings is 1. The predicted octanol–water partition coefficient (Wildman–Crippen LogP) is 2.47. The number of aromatic nitrogens is 4. The summed E-state index contributed by atoms with van der Waals surface area (Å²) in [6, 6.07) is 1.93. The Balaban J connectivity index is 1.42. The van der Waals surface area contributed by atoms with Gasteiger partial charge in [-0.25, -0.2) is 14.4 Å². The van der Waals surface area contributed by atoms with Crippen molar-refractivity contribution in [3.05, 3.63) is 36.5 Å². The van der Waals surface area contributed by atoms with E-state index >= 15 is 0 Å². The predicted molar refractivity (Wildman–Crippen MR) is 104 cm³/mol. The zero-order valence-electron chi connectivity index (χ0n) is 15.9. The third-order valence-electron chi connectivity index (χ3n) is 6.17. The van der Waals surface area contributed by atoms with Crippen LogP contribution in [0.5, 0.6) is 5.75 Å². The standard InChI is InChI=1S/C20H23FN6O/c1-11-8-24-20-19(28)13(5-6-27(11)20)15-9-23-17(10-22-15)26(2)16-7-12-3-4-14(25-12)18(16)21/h5-6,8-10,12,14,16,18,25,28H,3-4,7H2,1-2H3/t12-,14?,16-,18+/m0/s1. The maximum atomic E-state index is 14.8. The van der Waals surface area contributed by atoms with Crippen LogP contribution in [0.15, 0.2) is 30.9 Å². The first kappa shape index (κ1) is 17.4.